The molecule has 0 amide bonds. The third-order valence-electron chi connectivity index (χ3n) is 3.03. The van der Waals surface area contributed by atoms with Gasteiger partial charge in [0.1, 0.15) is 5.82 Å². The lowest BCUT2D eigenvalue weighted by Gasteiger charge is -1.96. The van der Waals surface area contributed by atoms with Gasteiger partial charge in [-0.3, -0.25) is 0 Å². The van der Waals surface area contributed by atoms with Gasteiger partial charge in [0.2, 0.25) is 0 Å². The molecule has 1 aromatic heterocycles. The van der Waals surface area contributed by atoms with E-state index in [1.54, 1.807) is 0 Å². The number of nitrogens with one attached hydrogen (secondary N) is 1. The van der Waals surface area contributed by atoms with E-state index in [-0.39, 0.29) is 0 Å². The number of hydrogen-bond acceptors (Lipinski definition) is 2. The summed E-state index contributed by atoms with van der Waals surface area (Å²) in [4.78, 5) is 7.98. The maximum Gasteiger partial charge on any atom is 0.107 e. The van der Waals surface area contributed by atoms with E-state index < -0.39 is 0 Å². The van der Waals surface area contributed by atoms with E-state index in [1.807, 2.05) is 12.1 Å². The van der Waals surface area contributed by atoms with Gasteiger partial charge in [0.05, 0.1) is 11.0 Å². The number of H-pyrrole nitrogens is 1. The van der Waals surface area contributed by atoms with Crippen molar-refractivity contribution in [3.63, 3.8) is 0 Å². The topological polar surface area (TPSA) is 54.7 Å². The average molecular weight is 201 g/mol. The summed E-state index contributed by atoms with van der Waals surface area (Å²) in [5.41, 5.74) is 9.90. The first kappa shape index (κ1) is 8.77. The third kappa shape index (κ3) is 1.58. The molecule has 1 aliphatic carbocycles. The lowest BCUT2D eigenvalue weighted by molar-refractivity contribution is 0.787. The number of aromatic nitrogens is 2. The number of nitrogens with zero attached hydrogens (tertiary/aromatic N) is 1. The summed E-state index contributed by atoms with van der Waals surface area (Å²) in [6, 6.07) is 3.94. The van der Waals surface area contributed by atoms with Crippen molar-refractivity contribution in [1.29, 1.82) is 0 Å². The summed E-state index contributed by atoms with van der Waals surface area (Å²) < 4.78 is 0. The Bertz CT molecular complexity index is 509. The summed E-state index contributed by atoms with van der Waals surface area (Å²) in [5.74, 6) is 1.98. The standard InChI is InChI=1S/C12H15N3/c1-7-4-9(13)6-10-12(7)15-11(14-10)5-8-2-3-8/h4,6,8H,2-3,5,13H2,1H3,(H,14,15). The predicted octanol–water partition coefficient (Wildman–Crippen LogP) is 2.41. The zero-order valence-electron chi connectivity index (χ0n) is 8.88. The second-order valence-corrected chi connectivity index (χ2v) is 4.56. The molecular weight excluding hydrogens is 186 g/mol. The average Bonchev–Trinajstić information content (AvgIpc) is 2.85. The molecule has 3 rings (SSSR count). The number of anilines is 1. The molecule has 15 heavy (non-hydrogen) atoms. The van der Waals surface area contributed by atoms with Crippen LogP contribution in [-0.4, -0.2) is 9.97 Å². The van der Waals surface area contributed by atoms with Crippen LogP contribution in [0.3, 0.4) is 0 Å². The van der Waals surface area contributed by atoms with Crippen LogP contribution in [0.2, 0.25) is 0 Å². The molecule has 1 saturated carbocycles. The summed E-state index contributed by atoms with van der Waals surface area (Å²) >= 11 is 0. The van der Waals surface area contributed by atoms with Crippen molar-refractivity contribution in [2.24, 2.45) is 5.92 Å². The maximum absolute atomic E-state index is 5.80. The Balaban J connectivity index is 2.07. The van der Waals surface area contributed by atoms with Gasteiger partial charge >= 0.3 is 0 Å². The summed E-state index contributed by atoms with van der Waals surface area (Å²) in [6.07, 6.45) is 3.81. The van der Waals surface area contributed by atoms with E-state index in [0.29, 0.717) is 0 Å². The molecule has 3 nitrogen and oxygen atoms in total. The molecule has 0 bridgehead atoms. The molecule has 1 heterocycles. The van der Waals surface area contributed by atoms with Gasteiger partial charge in [-0.15, -0.1) is 0 Å². The molecule has 78 valence electrons. The number of rotatable bonds is 2. The lowest BCUT2D eigenvalue weighted by Crippen LogP contribution is -1.88. The number of hydrogen-bond donors (Lipinski definition) is 2. The predicted molar refractivity (Wildman–Crippen MR) is 61.7 cm³/mol. The number of fused-ring (bicyclic) bond motifs is 1. The molecule has 0 atom stereocenters. The number of imidazole rings is 1. The molecule has 0 radical (unpaired) electrons. The Labute approximate surface area is 88.7 Å². The van der Waals surface area contributed by atoms with Crippen molar-refractivity contribution < 1.29 is 0 Å². The van der Waals surface area contributed by atoms with Crippen LogP contribution in [0.25, 0.3) is 11.0 Å². The monoisotopic (exact) mass is 201 g/mol. The molecule has 2 aromatic rings. The molecule has 1 fully saturated rings. The van der Waals surface area contributed by atoms with Crippen molar-refractivity contribution in [1.82, 2.24) is 9.97 Å². The molecule has 1 aromatic carbocycles. The molecule has 0 spiro atoms. The Morgan fingerprint density at radius 2 is 2.27 bits per heavy atom. The van der Waals surface area contributed by atoms with Gasteiger partial charge in [0.25, 0.3) is 0 Å². The van der Waals surface area contributed by atoms with Crippen LogP contribution in [0.5, 0.6) is 0 Å². The molecule has 1 aliphatic rings. The number of nitrogen functional groups attached to an aromatic ring is 1. The van der Waals surface area contributed by atoms with Crippen LogP contribution >= 0.6 is 0 Å². The van der Waals surface area contributed by atoms with Gasteiger partial charge < -0.3 is 10.7 Å². The zero-order chi connectivity index (χ0) is 10.4. The summed E-state index contributed by atoms with van der Waals surface area (Å²) in [6.45, 7) is 2.06. The Hall–Kier alpha value is -1.51. The number of aromatic amines is 1. The van der Waals surface area contributed by atoms with E-state index in [1.165, 1.54) is 12.8 Å². The van der Waals surface area contributed by atoms with Crippen molar-refractivity contribution in [3.05, 3.63) is 23.5 Å². The quantitative estimate of drug-likeness (QED) is 0.733. The van der Waals surface area contributed by atoms with Crippen LogP contribution < -0.4 is 5.73 Å². The highest BCUT2D eigenvalue weighted by atomic mass is 14.9. The molecular formula is C12H15N3. The minimum absolute atomic E-state index is 0.807. The second-order valence-electron chi connectivity index (χ2n) is 4.56. The minimum Gasteiger partial charge on any atom is -0.399 e. The van der Waals surface area contributed by atoms with E-state index in [2.05, 4.69) is 16.9 Å². The van der Waals surface area contributed by atoms with Gasteiger partial charge in [-0.25, -0.2) is 4.98 Å². The Morgan fingerprint density at radius 3 is 3.00 bits per heavy atom. The molecule has 0 unspecified atom stereocenters. The SMILES string of the molecule is Cc1cc(N)cc2[nH]c(CC3CC3)nc12. The first-order valence-electron chi connectivity index (χ1n) is 5.47. The Morgan fingerprint density at radius 1 is 1.47 bits per heavy atom. The number of benzene rings is 1. The molecule has 3 N–H and O–H groups in total. The van der Waals surface area contributed by atoms with Gasteiger partial charge in [0, 0.05) is 12.1 Å². The van der Waals surface area contributed by atoms with Crippen LogP contribution in [-0.2, 0) is 6.42 Å². The van der Waals surface area contributed by atoms with E-state index in [4.69, 9.17) is 5.73 Å². The molecule has 0 saturated heterocycles. The lowest BCUT2D eigenvalue weighted by atomic mass is 10.2. The fourth-order valence-electron chi connectivity index (χ4n) is 2.06. The highest BCUT2D eigenvalue weighted by Gasteiger charge is 2.23. The van der Waals surface area contributed by atoms with Gasteiger partial charge in [-0.2, -0.15) is 0 Å². The number of aryl methyl sites for hydroxylation is 1. The highest BCUT2D eigenvalue weighted by Crippen LogP contribution is 2.32. The summed E-state index contributed by atoms with van der Waals surface area (Å²) in [5, 5.41) is 0. The second kappa shape index (κ2) is 2.99. The third-order valence-corrected chi connectivity index (χ3v) is 3.03. The smallest absolute Gasteiger partial charge is 0.107 e. The molecule has 3 heteroatoms. The fraction of sp³-hybridized carbons (Fsp3) is 0.417. The van der Waals surface area contributed by atoms with Crippen LogP contribution in [0, 0.1) is 12.8 Å². The zero-order valence-corrected chi connectivity index (χ0v) is 8.88. The Kier molecular flexibility index (Phi) is 1.75. The molecule has 0 aliphatic heterocycles. The maximum atomic E-state index is 5.80. The van der Waals surface area contributed by atoms with Gasteiger partial charge in [-0.1, -0.05) is 0 Å². The highest BCUT2D eigenvalue weighted by molar-refractivity contribution is 5.82. The van der Waals surface area contributed by atoms with Crippen molar-refractivity contribution in [2.45, 2.75) is 26.2 Å². The minimum atomic E-state index is 0.807. The van der Waals surface area contributed by atoms with Crippen LogP contribution in [0.15, 0.2) is 12.1 Å². The van der Waals surface area contributed by atoms with Gasteiger partial charge in [0.15, 0.2) is 0 Å². The number of nitrogens with two attached hydrogens (primary N) is 1. The van der Waals surface area contributed by atoms with E-state index in [9.17, 15) is 0 Å². The van der Waals surface area contributed by atoms with Crippen LogP contribution in [0.4, 0.5) is 5.69 Å². The fourth-order valence-corrected chi connectivity index (χ4v) is 2.06. The van der Waals surface area contributed by atoms with E-state index >= 15 is 0 Å². The first-order valence-corrected chi connectivity index (χ1v) is 5.47. The van der Waals surface area contributed by atoms with Gasteiger partial charge in [-0.05, 0) is 43.4 Å². The normalized spacial score (nSPS) is 16.1. The largest absolute Gasteiger partial charge is 0.399 e. The van der Waals surface area contributed by atoms with E-state index in [0.717, 1.165) is 40.4 Å². The van der Waals surface area contributed by atoms with Crippen molar-refractivity contribution >= 4 is 16.7 Å². The summed E-state index contributed by atoms with van der Waals surface area (Å²) in [7, 11) is 0. The van der Waals surface area contributed by atoms with Crippen LogP contribution in [0.1, 0.15) is 24.2 Å². The van der Waals surface area contributed by atoms with Crippen molar-refractivity contribution in [2.75, 3.05) is 5.73 Å². The first-order chi connectivity index (χ1) is 7.22. The van der Waals surface area contributed by atoms with Crippen molar-refractivity contribution in [3.8, 4) is 0 Å².